The molecule has 120 valence electrons. The second kappa shape index (κ2) is 7.47. The van der Waals surface area contributed by atoms with Crippen LogP contribution in [0.15, 0.2) is 24.3 Å². The van der Waals surface area contributed by atoms with Crippen LogP contribution in [0.2, 0.25) is 5.02 Å². The van der Waals surface area contributed by atoms with Gasteiger partial charge in [0, 0.05) is 17.6 Å². The molecule has 1 amide bonds. The van der Waals surface area contributed by atoms with Gasteiger partial charge in [0.2, 0.25) is 5.91 Å². The highest BCUT2D eigenvalue weighted by Gasteiger charge is 2.33. The number of carbonyl (C=O) groups excluding carboxylic acids is 1. The number of likely N-dealkylation sites (tertiary alicyclic amines) is 1. The molecule has 3 rings (SSSR count). The molecular formula is C18H25ClN2O. The lowest BCUT2D eigenvalue weighted by molar-refractivity contribution is -0.124. The molecule has 1 aliphatic heterocycles. The molecule has 2 fully saturated rings. The van der Waals surface area contributed by atoms with Crippen molar-refractivity contribution >= 4 is 17.5 Å². The fourth-order valence-corrected chi connectivity index (χ4v) is 4.23. The number of halogens is 1. The first-order valence-corrected chi connectivity index (χ1v) is 8.85. The molecule has 1 saturated heterocycles. The minimum atomic E-state index is 0.131. The molecule has 0 spiro atoms. The third-order valence-electron chi connectivity index (χ3n) is 5.08. The van der Waals surface area contributed by atoms with Gasteiger partial charge in [-0.1, -0.05) is 36.6 Å². The number of nitrogens with zero attached hydrogens (tertiary/aromatic N) is 1. The zero-order valence-corrected chi connectivity index (χ0v) is 13.8. The molecule has 1 aliphatic carbocycles. The molecule has 0 aromatic heterocycles. The summed E-state index contributed by atoms with van der Waals surface area (Å²) in [5.41, 5.74) is 1.05. The van der Waals surface area contributed by atoms with E-state index in [1.165, 1.54) is 38.5 Å². The summed E-state index contributed by atoms with van der Waals surface area (Å²) in [5.74, 6) is 0.953. The van der Waals surface area contributed by atoms with E-state index >= 15 is 0 Å². The fraction of sp³-hybridized carbons (Fsp3) is 0.611. The average molecular weight is 321 g/mol. The fourth-order valence-electron chi connectivity index (χ4n) is 4.01. The van der Waals surface area contributed by atoms with Crippen LogP contribution in [-0.4, -0.2) is 29.9 Å². The Labute approximate surface area is 138 Å². The molecular weight excluding hydrogens is 296 g/mol. The molecule has 1 aromatic rings. The van der Waals surface area contributed by atoms with Crippen LogP contribution in [0.1, 0.15) is 44.1 Å². The maximum Gasteiger partial charge on any atom is 0.234 e. The lowest BCUT2D eigenvalue weighted by Crippen LogP contribution is -2.50. The molecule has 1 N–H and O–H groups in total. The minimum absolute atomic E-state index is 0.131. The van der Waals surface area contributed by atoms with Crippen LogP contribution in [0.3, 0.4) is 0 Å². The first-order chi connectivity index (χ1) is 10.7. The Hall–Kier alpha value is -1.06. The zero-order chi connectivity index (χ0) is 15.4. The summed E-state index contributed by atoms with van der Waals surface area (Å²) in [7, 11) is 0. The Morgan fingerprint density at radius 2 is 2.05 bits per heavy atom. The molecule has 1 heterocycles. The van der Waals surface area contributed by atoms with Crippen molar-refractivity contribution in [2.45, 2.75) is 51.1 Å². The predicted molar refractivity (Wildman–Crippen MR) is 89.9 cm³/mol. The summed E-state index contributed by atoms with van der Waals surface area (Å²) >= 11 is 5.97. The first kappa shape index (κ1) is 15.8. The smallest absolute Gasteiger partial charge is 0.234 e. The number of nitrogens with one attached hydrogen (secondary N) is 1. The van der Waals surface area contributed by atoms with Crippen molar-refractivity contribution in [1.82, 2.24) is 10.2 Å². The van der Waals surface area contributed by atoms with Gasteiger partial charge in [-0.05, 0) is 55.8 Å². The molecule has 22 heavy (non-hydrogen) atoms. The molecule has 3 nitrogen and oxygen atoms in total. The SMILES string of the molecule is O=C(CN1CCC[C@@H]2CCCC[C@@H]21)NCc1cccc(Cl)c1. The van der Waals surface area contributed by atoms with E-state index in [0.717, 1.165) is 18.0 Å². The second-order valence-corrected chi connectivity index (χ2v) is 7.07. The molecule has 0 bridgehead atoms. The Morgan fingerprint density at radius 3 is 2.91 bits per heavy atom. The molecule has 1 saturated carbocycles. The molecule has 4 heteroatoms. The highest BCUT2D eigenvalue weighted by atomic mass is 35.5. The van der Waals surface area contributed by atoms with E-state index in [1.807, 2.05) is 24.3 Å². The summed E-state index contributed by atoms with van der Waals surface area (Å²) in [5, 5.41) is 3.75. The van der Waals surface area contributed by atoms with Crippen molar-refractivity contribution in [2.24, 2.45) is 5.92 Å². The standard InChI is InChI=1S/C18H25ClN2O/c19-16-8-3-5-14(11-16)12-20-18(22)13-21-10-4-7-15-6-1-2-9-17(15)21/h3,5,8,11,15,17H,1-2,4,6-7,9-10,12-13H2,(H,20,22)/t15-,17-/m0/s1. The van der Waals surface area contributed by atoms with Crippen molar-refractivity contribution in [3.8, 4) is 0 Å². The van der Waals surface area contributed by atoms with Crippen LogP contribution in [0, 0.1) is 5.92 Å². The number of fused-ring (bicyclic) bond motifs is 1. The lowest BCUT2D eigenvalue weighted by atomic mass is 9.78. The summed E-state index contributed by atoms with van der Waals surface area (Å²) < 4.78 is 0. The van der Waals surface area contributed by atoms with Gasteiger partial charge in [-0.25, -0.2) is 0 Å². The van der Waals surface area contributed by atoms with E-state index in [4.69, 9.17) is 11.6 Å². The van der Waals surface area contributed by atoms with E-state index in [-0.39, 0.29) is 5.91 Å². The van der Waals surface area contributed by atoms with Gasteiger partial charge >= 0.3 is 0 Å². The molecule has 1 aromatic carbocycles. The van der Waals surface area contributed by atoms with Crippen LogP contribution in [0.25, 0.3) is 0 Å². The average Bonchev–Trinajstić information content (AvgIpc) is 2.53. The van der Waals surface area contributed by atoms with Gasteiger partial charge < -0.3 is 5.32 Å². The van der Waals surface area contributed by atoms with E-state index in [1.54, 1.807) is 0 Å². The maximum atomic E-state index is 12.3. The minimum Gasteiger partial charge on any atom is -0.351 e. The van der Waals surface area contributed by atoms with Crippen molar-refractivity contribution in [3.05, 3.63) is 34.9 Å². The Balaban J connectivity index is 1.50. The lowest BCUT2D eigenvalue weighted by Gasteiger charge is -2.43. The third kappa shape index (κ3) is 4.02. The molecule has 0 unspecified atom stereocenters. The largest absolute Gasteiger partial charge is 0.351 e. The van der Waals surface area contributed by atoms with Crippen molar-refractivity contribution in [2.75, 3.05) is 13.1 Å². The van der Waals surface area contributed by atoms with Gasteiger partial charge in [0.05, 0.1) is 6.54 Å². The Morgan fingerprint density at radius 1 is 1.23 bits per heavy atom. The second-order valence-electron chi connectivity index (χ2n) is 6.63. The van der Waals surface area contributed by atoms with Crippen LogP contribution < -0.4 is 5.32 Å². The number of rotatable bonds is 4. The van der Waals surface area contributed by atoms with Gasteiger partial charge in [0.1, 0.15) is 0 Å². The third-order valence-corrected chi connectivity index (χ3v) is 5.32. The van der Waals surface area contributed by atoms with Crippen LogP contribution in [0.4, 0.5) is 0 Å². The number of benzene rings is 1. The summed E-state index contributed by atoms with van der Waals surface area (Å²) in [4.78, 5) is 14.7. The van der Waals surface area contributed by atoms with Gasteiger partial charge in [-0.2, -0.15) is 0 Å². The highest BCUT2D eigenvalue weighted by molar-refractivity contribution is 6.30. The first-order valence-electron chi connectivity index (χ1n) is 8.47. The van der Waals surface area contributed by atoms with E-state index in [2.05, 4.69) is 10.2 Å². The van der Waals surface area contributed by atoms with Gasteiger partial charge in [0.15, 0.2) is 0 Å². The maximum absolute atomic E-state index is 12.3. The highest BCUT2D eigenvalue weighted by Crippen LogP contribution is 2.34. The normalized spacial score (nSPS) is 25.5. The van der Waals surface area contributed by atoms with Gasteiger partial charge in [-0.15, -0.1) is 0 Å². The quantitative estimate of drug-likeness (QED) is 0.919. The topological polar surface area (TPSA) is 32.3 Å². The number of hydrogen-bond donors (Lipinski definition) is 1. The number of hydrogen-bond acceptors (Lipinski definition) is 2. The molecule has 0 radical (unpaired) electrons. The van der Waals surface area contributed by atoms with Crippen molar-refractivity contribution < 1.29 is 4.79 Å². The number of amides is 1. The van der Waals surface area contributed by atoms with Gasteiger partial charge in [-0.3, -0.25) is 9.69 Å². The van der Waals surface area contributed by atoms with Crippen molar-refractivity contribution in [1.29, 1.82) is 0 Å². The van der Waals surface area contributed by atoms with Crippen LogP contribution in [-0.2, 0) is 11.3 Å². The Kier molecular flexibility index (Phi) is 5.37. The van der Waals surface area contributed by atoms with E-state index in [9.17, 15) is 4.79 Å². The van der Waals surface area contributed by atoms with E-state index in [0.29, 0.717) is 24.2 Å². The van der Waals surface area contributed by atoms with E-state index < -0.39 is 0 Å². The summed E-state index contributed by atoms with van der Waals surface area (Å²) in [6.07, 6.45) is 7.91. The Bertz CT molecular complexity index is 518. The zero-order valence-electron chi connectivity index (χ0n) is 13.1. The number of piperidine rings is 1. The molecule has 2 aliphatic rings. The summed E-state index contributed by atoms with van der Waals surface area (Å²) in [6, 6.07) is 8.30. The van der Waals surface area contributed by atoms with Gasteiger partial charge in [0.25, 0.3) is 0 Å². The monoisotopic (exact) mass is 320 g/mol. The van der Waals surface area contributed by atoms with Crippen LogP contribution in [0.5, 0.6) is 0 Å². The summed E-state index contributed by atoms with van der Waals surface area (Å²) in [6.45, 7) is 2.18. The number of carbonyl (C=O) groups is 1. The van der Waals surface area contributed by atoms with Crippen molar-refractivity contribution in [3.63, 3.8) is 0 Å². The van der Waals surface area contributed by atoms with Crippen LogP contribution >= 0.6 is 11.6 Å². The molecule has 2 atom stereocenters. The predicted octanol–water partition coefficient (Wildman–Crippen LogP) is 3.61.